The standard InChI is InChI=1S/C19H22BrNO4/c1-12-11-14(7-8-15(12)20)21-17(22)10-6-13-5-9-16(23-2)19(25-4)18(13)24-3/h5,7-9,11H,6,10H2,1-4H3,(H,21,22). The van der Waals surface area contributed by atoms with E-state index in [1.54, 1.807) is 21.3 Å². The molecule has 0 spiro atoms. The van der Waals surface area contributed by atoms with Gasteiger partial charge in [-0.15, -0.1) is 0 Å². The molecule has 2 rings (SSSR count). The predicted molar refractivity (Wildman–Crippen MR) is 102 cm³/mol. The first-order chi connectivity index (χ1) is 12.0. The molecule has 0 fully saturated rings. The van der Waals surface area contributed by atoms with Gasteiger partial charge in [0.1, 0.15) is 0 Å². The Bertz CT molecular complexity index is 761. The van der Waals surface area contributed by atoms with Gasteiger partial charge in [0, 0.05) is 16.6 Å². The molecule has 0 aliphatic heterocycles. The lowest BCUT2D eigenvalue weighted by Gasteiger charge is -2.15. The van der Waals surface area contributed by atoms with Crippen LogP contribution in [0.15, 0.2) is 34.8 Å². The molecule has 2 aromatic rings. The number of ether oxygens (including phenoxy) is 3. The fourth-order valence-electron chi connectivity index (χ4n) is 2.55. The van der Waals surface area contributed by atoms with Gasteiger partial charge in [-0.2, -0.15) is 0 Å². The summed E-state index contributed by atoms with van der Waals surface area (Å²) < 4.78 is 17.1. The van der Waals surface area contributed by atoms with E-state index in [4.69, 9.17) is 14.2 Å². The Morgan fingerprint density at radius 3 is 2.36 bits per heavy atom. The topological polar surface area (TPSA) is 56.8 Å². The molecule has 134 valence electrons. The third-order valence-corrected chi connectivity index (χ3v) is 4.74. The summed E-state index contributed by atoms with van der Waals surface area (Å²) in [5.41, 5.74) is 2.74. The van der Waals surface area contributed by atoms with E-state index in [1.807, 2.05) is 37.3 Å². The van der Waals surface area contributed by atoms with Gasteiger partial charge in [0.2, 0.25) is 11.7 Å². The van der Waals surface area contributed by atoms with Crippen molar-refractivity contribution in [1.82, 2.24) is 0 Å². The number of anilines is 1. The number of hydrogen-bond acceptors (Lipinski definition) is 4. The molecule has 5 nitrogen and oxygen atoms in total. The number of nitrogens with one attached hydrogen (secondary N) is 1. The number of carbonyl (C=O) groups excluding carboxylic acids is 1. The summed E-state index contributed by atoms with van der Waals surface area (Å²) in [6.45, 7) is 1.98. The van der Waals surface area contributed by atoms with Crippen LogP contribution in [0.2, 0.25) is 0 Å². The first-order valence-electron chi connectivity index (χ1n) is 7.84. The summed E-state index contributed by atoms with van der Waals surface area (Å²) in [4.78, 5) is 12.2. The molecule has 0 aliphatic rings. The lowest BCUT2D eigenvalue weighted by atomic mass is 10.1. The molecule has 2 aromatic carbocycles. The van der Waals surface area contributed by atoms with E-state index in [0.29, 0.717) is 30.1 Å². The quantitative estimate of drug-likeness (QED) is 0.740. The van der Waals surface area contributed by atoms with Crippen LogP contribution in [-0.2, 0) is 11.2 Å². The minimum absolute atomic E-state index is 0.0569. The van der Waals surface area contributed by atoms with Gasteiger partial charge < -0.3 is 19.5 Å². The number of hydrogen-bond donors (Lipinski definition) is 1. The summed E-state index contributed by atoms with van der Waals surface area (Å²) in [5, 5.41) is 2.91. The van der Waals surface area contributed by atoms with E-state index in [1.165, 1.54) is 0 Å². The van der Waals surface area contributed by atoms with Crippen molar-refractivity contribution in [2.75, 3.05) is 26.6 Å². The van der Waals surface area contributed by atoms with Gasteiger partial charge in [-0.05, 0) is 48.7 Å². The van der Waals surface area contributed by atoms with Crippen molar-refractivity contribution in [3.8, 4) is 17.2 Å². The average molecular weight is 408 g/mol. The Morgan fingerprint density at radius 2 is 1.76 bits per heavy atom. The molecule has 0 bridgehead atoms. The van der Waals surface area contributed by atoms with Gasteiger partial charge in [0.25, 0.3) is 0 Å². The largest absolute Gasteiger partial charge is 0.493 e. The van der Waals surface area contributed by atoms with Crippen molar-refractivity contribution < 1.29 is 19.0 Å². The first kappa shape index (κ1) is 19.1. The first-order valence-corrected chi connectivity index (χ1v) is 8.63. The smallest absolute Gasteiger partial charge is 0.224 e. The Kier molecular flexibility index (Phi) is 6.70. The Morgan fingerprint density at radius 1 is 1.04 bits per heavy atom. The highest BCUT2D eigenvalue weighted by molar-refractivity contribution is 9.10. The van der Waals surface area contributed by atoms with E-state index in [9.17, 15) is 4.79 Å². The molecular weight excluding hydrogens is 386 g/mol. The average Bonchev–Trinajstić information content (AvgIpc) is 2.61. The fourth-order valence-corrected chi connectivity index (χ4v) is 2.80. The number of methoxy groups -OCH3 is 3. The summed E-state index contributed by atoms with van der Waals surface area (Å²) in [6, 6.07) is 9.41. The van der Waals surface area contributed by atoms with E-state index in [0.717, 1.165) is 21.3 Å². The molecule has 0 radical (unpaired) electrons. The molecule has 25 heavy (non-hydrogen) atoms. The zero-order chi connectivity index (χ0) is 18.4. The van der Waals surface area contributed by atoms with Crippen molar-refractivity contribution in [2.24, 2.45) is 0 Å². The third kappa shape index (κ3) is 4.66. The molecule has 0 saturated heterocycles. The maximum atomic E-state index is 12.2. The highest BCUT2D eigenvalue weighted by Crippen LogP contribution is 2.40. The lowest BCUT2D eigenvalue weighted by molar-refractivity contribution is -0.116. The third-order valence-electron chi connectivity index (χ3n) is 3.85. The molecule has 1 N–H and O–H groups in total. The highest BCUT2D eigenvalue weighted by Gasteiger charge is 2.16. The Labute approximate surface area is 156 Å². The molecule has 0 aliphatic carbocycles. The van der Waals surface area contributed by atoms with Gasteiger partial charge in [-0.1, -0.05) is 22.0 Å². The van der Waals surface area contributed by atoms with Gasteiger partial charge >= 0.3 is 0 Å². The van der Waals surface area contributed by atoms with Gasteiger partial charge in [-0.3, -0.25) is 4.79 Å². The van der Waals surface area contributed by atoms with Crippen molar-refractivity contribution in [3.63, 3.8) is 0 Å². The second-order valence-electron chi connectivity index (χ2n) is 5.51. The highest BCUT2D eigenvalue weighted by atomic mass is 79.9. The number of carbonyl (C=O) groups is 1. The van der Waals surface area contributed by atoms with Gasteiger partial charge in [-0.25, -0.2) is 0 Å². The Balaban J connectivity index is 2.07. The van der Waals surface area contributed by atoms with Gasteiger partial charge in [0.05, 0.1) is 21.3 Å². The van der Waals surface area contributed by atoms with Crippen molar-refractivity contribution >= 4 is 27.5 Å². The van der Waals surface area contributed by atoms with Crippen LogP contribution in [0.5, 0.6) is 17.2 Å². The van der Waals surface area contributed by atoms with Crippen molar-refractivity contribution in [2.45, 2.75) is 19.8 Å². The Hall–Kier alpha value is -2.21. The fraction of sp³-hybridized carbons (Fsp3) is 0.316. The summed E-state index contributed by atoms with van der Waals surface area (Å²) in [6.07, 6.45) is 0.867. The van der Waals surface area contributed by atoms with Crippen LogP contribution in [0.1, 0.15) is 17.5 Å². The van der Waals surface area contributed by atoms with Crippen LogP contribution in [-0.4, -0.2) is 27.2 Å². The maximum absolute atomic E-state index is 12.2. The summed E-state index contributed by atoms with van der Waals surface area (Å²) in [5.74, 6) is 1.66. The number of benzene rings is 2. The van der Waals surface area contributed by atoms with Crippen LogP contribution < -0.4 is 19.5 Å². The molecule has 0 saturated carbocycles. The maximum Gasteiger partial charge on any atom is 0.224 e. The summed E-state index contributed by atoms with van der Waals surface area (Å²) in [7, 11) is 4.71. The van der Waals surface area contributed by atoms with Crippen LogP contribution in [0, 0.1) is 6.92 Å². The second kappa shape index (κ2) is 8.76. The molecule has 0 heterocycles. The number of amides is 1. The second-order valence-corrected chi connectivity index (χ2v) is 6.36. The zero-order valence-electron chi connectivity index (χ0n) is 14.8. The minimum Gasteiger partial charge on any atom is -0.493 e. The van der Waals surface area contributed by atoms with Crippen LogP contribution >= 0.6 is 15.9 Å². The monoisotopic (exact) mass is 407 g/mol. The van der Waals surface area contributed by atoms with Crippen LogP contribution in [0.25, 0.3) is 0 Å². The number of aryl methyl sites for hydroxylation is 2. The normalized spacial score (nSPS) is 10.3. The van der Waals surface area contributed by atoms with E-state index >= 15 is 0 Å². The molecule has 6 heteroatoms. The number of rotatable bonds is 7. The van der Waals surface area contributed by atoms with E-state index in [-0.39, 0.29) is 5.91 Å². The molecule has 0 atom stereocenters. The van der Waals surface area contributed by atoms with Crippen molar-refractivity contribution in [3.05, 3.63) is 45.9 Å². The van der Waals surface area contributed by atoms with Crippen molar-refractivity contribution in [1.29, 1.82) is 0 Å². The number of halogens is 1. The summed E-state index contributed by atoms with van der Waals surface area (Å²) >= 11 is 3.45. The molecular formula is C19H22BrNO4. The van der Waals surface area contributed by atoms with Gasteiger partial charge in [0.15, 0.2) is 11.5 Å². The lowest BCUT2D eigenvalue weighted by Crippen LogP contribution is -2.12. The predicted octanol–water partition coefficient (Wildman–Crippen LogP) is 4.35. The molecule has 1 amide bonds. The molecule has 0 unspecified atom stereocenters. The zero-order valence-corrected chi connectivity index (χ0v) is 16.4. The van der Waals surface area contributed by atoms with E-state index < -0.39 is 0 Å². The van der Waals surface area contributed by atoms with Crippen LogP contribution in [0.4, 0.5) is 5.69 Å². The molecule has 0 aromatic heterocycles. The SMILES string of the molecule is COc1ccc(CCC(=O)Nc2ccc(Br)c(C)c2)c(OC)c1OC. The minimum atomic E-state index is -0.0569. The van der Waals surface area contributed by atoms with Crippen LogP contribution in [0.3, 0.4) is 0 Å². The van der Waals surface area contributed by atoms with E-state index in [2.05, 4.69) is 21.2 Å².